The molecule has 0 aromatic rings. The van der Waals surface area contributed by atoms with Gasteiger partial charge in [-0.1, -0.05) is 12.2 Å². The van der Waals surface area contributed by atoms with Crippen LogP contribution in [-0.4, -0.2) is 57.8 Å². The van der Waals surface area contributed by atoms with Gasteiger partial charge in [-0.3, -0.25) is 9.59 Å². The quantitative estimate of drug-likeness (QED) is 0.433. The molecule has 0 fully saturated rings. The van der Waals surface area contributed by atoms with E-state index in [1.807, 2.05) is 0 Å². The third-order valence-electron chi connectivity index (χ3n) is 2.05. The largest absolute Gasteiger partial charge is 0.480 e. The monoisotopic (exact) mass is 280 g/mol. The number of hydrogen-bond acceptors (Lipinski definition) is 6. The fourth-order valence-electron chi connectivity index (χ4n) is 1.13. The van der Waals surface area contributed by atoms with E-state index in [0.717, 1.165) is 5.49 Å². The van der Waals surface area contributed by atoms with Crippen molar-refractivity contribution >= 4 is 41.3 Å². The Labute approximate surface area is 109 Å². The summed E-state index contributed by atoms with van der Waals surface area (Å²) >= 11 is 5.76. The predicted octanol–water partition coefficient (Wildman–Crippen LogP) is -0.785. The number of carboxylic acid groups (broad SMARTS) is 1. The summed E-state index contributed by atoms with van der Waals surface area (Å²) in [5, 5.41) is 22.6. The number of aliphatic hydroxyl groups excluding tert-OH is 1. The molecule has 0 rings (SSSR count). The van der Waals surface area contributed by atoms with Crippen molar-refractivity contribution in [3.05, 3.63) is 0 Å². The summed E-state index contributed by atoms with van der Waals surface area (Å²) in [6.07, 6.45) is 0.691. The lowest BCUT2D eigenvalue weighted by Gasteiger charge is -2.20. The van der Waals surface area contributed by atoms with Crippen molar-refractivity contribution in [3.63, 3.8) is 0 Å². The normalized spacial score (nSPS) is 15.7. The van der Waals surface area contributed by atoms with Gasteiger partial charge in [0.25, 0.3) is 0 Å². The Morgan fingerprint density at radius 1 is 1.53 bits per heavy atom. The van der Waals surface area contributed by atoms with Gasteiger partial charge < -0.3 is 20.8 Å². The van der Waals surface area contributed by atoms with Crippen molar-refractivity contribution in [1.82, 2.24) is 10.6 Å². The van der Waals surface area contributed by atoms with Gasteiger partial charge in [0.2, 0.25) is 5.91 Å². The molecule has 98 valence electrons. The molecule has 3 unspecified atom stereocenters. The molecule has 1 amide bonds. The lowest BCUT2D eigenvalue weighted by Crippen LogP contribution is -2.49. The van der Waals surface area contributed by atoms with E-state index in [4.69, 9.17) is 5.11 Å². The average Bonchev–Trinajstić information content (AvgIpc) is 2.23. The van der Waals surface area contributed by atoms with Crippen LogP contribution < -0.4 is 10.6 Å². The Morgan fingerprint density at radius 3 is 2.47 bits per heavy atom. The Bertz CT molecular complexity index is 286. The minimum atomic E-state index is -1.16. The van der Waals surface area contributed by atoms with E-state index in [-0.39, 0.29) is 12.5 Å². The zero-order chi connectivity index (χ0) is 13.4. The van der Waals surface area contributed by atoms with Gasteiger partial charge in [0.05, 0.1) is 16.8 Å². The van der Waals surface area contributed by atoms with Crippen LogP contribution in [0.5, 0.6) is 0 Å². The van der Waals surface area contributed by atoms with Crippen LogP contribution in [0.3, 0.4) is 0 Å². The highest BCUT2D eigenvalue weighted by atomic mass is 32.2. The van der Waals surface area contributed by atoms with Gasteiger partial charge in [0.15, 0.2) is 0 Å². The number of carboxylic acids is 1. The molecule has 17 heavy (non-hydrogen) atoms. The predicted molar refractivity (Wildman–Crippen MR) is 70.2 cm³/mol. The molecular formula is C9H16N2O4S2. The summed E-state index contributed by atoms with van der Waals surface area (Å²) in [7, 11) is 0. The molecule has 8 heteroatoms. The van der Waals surface area contributed by atoms with E-state index in [1.54, 1.807) is 6.26 Å². The van der Waals surface area contributed by atoms with Gasteiger partial charge in [-0.2, -0.15) is 11.8 Å². The molecule has 0 saturated carbocycles. The van der Waals surface area contributed by atoms with Gasteiger partial charge in [-0.05, 0) is 13.2 Å². The zero-order valence-electron chi connectivity index (χ0n) is 9.54. The Morgan fingerprint density at radius 2 is 2.12 bits per heavy atom. The summed E-state index contributed by atoms with van der Waals surface area (Å²) in [6, 6.07) is -1.09. The molecule has 4 N–H and O–H groups in total. The number of rotatable bonds is 8. The molecule has 0 saturated heterocycles. The fraction of sp³-hybridized carbons (Fsp3) is 0.667. The summed E-state index contributed by atoms with van der Waals surface area (Å²) in [4.78, 5) is 22.2. The van der Waals surface area contributed by atoms with E-state index >= 15 is 0 Å². The van der Waals surface area contributed by atoms with Crippen LogP contribution in [0.4, 0.5) is 0 Å². The lowest BCUT2D eigenvalue weighted by atomic mass is 10.2. The lowest BCUT2D eigenvalue weighted by molar-refractivity contribution is -0.142. The number of carbonyl (C=O) groups excluding carboxylic acids is 1. The van der Waals surface area contributed by atoms with E-state index in [9.17, 15) is 14.7 Å². The van der Waals surface area contributed by atoms with Crippen LogP contribution in [-0.2, 0) is 9.59 Å². The highest BCUT2D eigenvalue weighted by Gasteiger charge is 2.25. The van der Waals surface area contributed by atoms with Crippen molar-refractivity contribution in [1.29, 1.82) is 0 Å². The third-order valence-corrected chi connectivity index (χ3v) is 3.12. The molecule has 3 atom stereocenters. The molecule has 0 aliphatic heterocycles. The number of aliphatic carboxylic acids is 1. The van der Waals surface area contributed by atoms with Crippen LogP contribution in [0.15, 0.2) is 0 Å². The molecule has 0 heterocycles. The van der Waals surface area contributed by atoms with Gasteiger partial charge >= 0.3 is 5.97 Å². The van der Waals surface area contributed by atoms with Gasteiger partial charge in [0, 0.05) is 6.54 Å². The Balaban J connectivity index is 4.34. The topological polar surface area (TPSA) is 98.7 Å². The first-order valence-electron chi connectivity index (χ1n) is 4.85. The minimum absolute atomic E-state index is 0.137. The van der Waals surface area contributed by atoms with Crippen LogP contribution in [0.1, 0.15) is 6.92 Å². The fourth-order valence-corrected chi connectivity index (χ4v) is 1.79. The van der Waals surface area contributed by atoms with Gasteiger partial charge in [0.1, 0.15) is 6.04 Å². The second-order valence-corrected chi connectivity index (χ2v) is 4.59. The van der Waals surface area contributed by atoms with Crippen LogP contribution in [0.25, 0.3) is 0 Å². The summed E-state index contributed by atoms with van der Waals surface area (Å²) in [5.41, 5.74) is 1.11. The van der Waals surface area contributed by atoms with Crippen molar-refractivity contribution in [3.8, 4) is 0 Å². The van der Waals surface area contributed by atoms with Crippen molar-refractivity contribution in [2.75, 3.05) is 12.8 Å². The van der Waals surface area contributed by atoms with E-state index in [2.05, 4.69) is 22.9 Å². The first-order valence-corrected chi connectivity index (χ1v) is 6.61. The number of thioether (sulfide) groups is 1. The summed E-state index contributed by atoms with van der Waals surface area (Å²) < 4.78 is 0. The summed E-state index contributed by atoms with van der Waals surface area (Å²) in [6.45, 7) is 1.51. The second-order valence-electron chi connectivity index (χ2n) is 3.32. The number of amides is 1. The number of thiocarbonyl (C=S) groups is 1. The first kappa shape index (κ1) is 16.3. The molecule has 0 radical (unpaired) electrons. The highest BCUT2D eigenvalue weighted by Crippen LogP contribution is 2.06. The van der Waals surface area contributed by atoms with Crippen LogP contribution in [0.2, 0.25) is 0 Å². The average molecular weight is 280 g/mol. The number of carbonyl (C=O) groups is 2. The SMILES string of the molecule is CSC(CNC(C(=O)O)C(C)O)C(=O)NC=S. The zero-order valence-corrected chi connectivity index (χ0v) is 11.2. The third kappa shape index (κ3) is 5.97. The van der Waals surface area contributed by atoms with Crippen molar-refractivity contribution in [2.45, 2.75) is 24.3 Å². The maximum Gasteiger partial charge on any atom is 0.323 e. The molecule has 0 aliphatic rings. The van der Waals surface area contributed by atoms with Crippen LogP contribution >= 0.6 is 24.0 Å². The number of nitrogens with one attached hydrogen (secondary N) is 2. The Kier molecular flexibility index (Phi) is 8.05. The van der Waals surface area contributed by atoms with Gasteiger partial charge in [-0.15, -0.1) is 0 Å². The molecule has 0 bridgehead atoms. The van der Waals surface area contributed by atoms with Crippen molar-refractivity contribution < 1.29 is 19.8 Å². The maximum atomic E-state index is 11.4. The van der Waals surface area contributed by atoms with Crippen molar-refractivity contribution in [2.24, 2.45) is 0 Å². The molecule has 6 nitrogen and oxygen atoms in total. The minimum Gasteiger partial charge on any atom is -0.480 e. The second kappa shape index (κ2) is 8.40. The molecular weight excluding hydrogens is 264 g/mol. The van der Waals surface area contributed by atoms with Gasteiger partial charge in [-0.25, -0.2) is 0 Å². The number of aliphatic hydroxyl groups is 1. The van der Waals surface area contributed by atoms with E-state index in [0.29, 0.717) is 0 Å². The highest BCUT2D eigenvalue weighted by molar-refractivity contribution is 8.00. The Hall–Kier alpha value is -0.700. The van der Waals surface area contributed by atoms with E-state index < -0.39 is 23.4 Å². The van der Waals surface area contributed by atoms with Crippen LogP contribution in [0, 0.1) is 0 Å². The number of hydrogen-bond donors (Lipinski definition) is 4. The molecule has 0 aromatic carbocycles. The molecule has 0 aromatic heterocycles. The van der Waals surface area contributed by atoms with E-state index in [1.165, 1.54) is 18.7 Å². The molecule has 0 aliphatic carbocycles. The maximum absolute atomic E-state index is 11.4. The standard InChI is InChI=1S/C9H16N2O4S2/c1-5(12)7(9(14)15)10-3-6(17-2)8(13)11-4-16/h4-7,10,12H,3H2,1-2H3,(H,14,15)(H,11,13,16). The summed E-state index contributed by atoms with van der Waals surface area (Å²) in [5.74, 6) is -1.45. The first-order chi connectivity index (χ1) is 7.93. The molecule has 0 spiro atoms. The smallest absolute Gasteiger partial charge is 0.323 e.